The summed E-state index contributed by atoms with van der Waals surface area (Å²) in [6, 6.07) is 14.3. The monoisotopic (exact) mass is 497 g/mol. The fraction of sp³-hybridized carbons (Fsp3) is 0.280. The van der Waals surface area contributed by atoms with E-state index in [1.165, 1.54) is 18.4 Å². The number of anilines is 1. The van der Waals surface area contributed by atoms with E-state index < -0.39 is 0 Å². The van der Waals surface area contributed by atoms with Crippen LogP contribution in [0.25, 0.3) is 0 Å². The van der Waals surface area contributed by atoms with Crippen LogP contribution in [0.5, 0.6) is 11.5 Å². The summed E-state index contributed by atoms with van der Waals surface area (Å²) in [5.74, 6) is 0.762. The van der Waals surface area contributed by atoms with Gasteiger partial charge in [0.25, 0.3) is 0 Å². The van der Waals surface area contributed by atoms with Crippen LogP contribution >= 0.6 is 11.3 Å². The molecule has 0 radical (unpaired) electrons. The van der Waals surface area contributed by atoms with Crippen LogP contribution in [0.1, 0.15) is 35.0 Å². The summed E-state index contributed by atoms with van der Waals surface area (Å²) in [5.41, 5.74) is 4.89. The first kappa shape index (κ1) is 25.7. The predicted molar refractivity (Wildman–Crippen MR) is 133 cm³/mol. The summed E-state index contributed by atoms with van der Waals surface area (Å²) in [4.78, 5) is 27.2. The van der Waals surface area contributed by atoms with E-state index in [1.807, 2.05) is 24.3 Å². The van der Waals surface area contributed by atoms with Crippen molar-refractivity contribution in [3.05, 3.63) is 70.7 Å². The minimum atomic E-state index is -0.376. The Morgan fingerprint density at radius 2 is 1.69 bits per heavy atom. The molecule has 0 fully saturated rings. The number of carbonyl (C=O) groups excluding carboxylic acids is 2. The number of aromatic nitrogens is 1. The second-order valence-corrected chi connectivity index (χ2v) is 7.99. The highest BCUT2D eigenvalue weighted by Crippen LogP contribution is 2.17. The quantitative estimate of drug-likeness (QED) is 0.161. The Hall–Kier alpha value is -3.92. The molecule has 0 atom stereocenters. The first-order valence-electron chi connectivity index (χ1n) is 11.0. The Labute approximate surface area is 207 Å². The van der Waals surface area contributed by atoms with Crippen LogP contribution in [-0.2, 0) is 20.7 Å². The fourth-order valence-electron chi connectivity index (χ4n) is 2.86. The van der Waals surface area contributed by atoms with Crippen molar-refractivity contribution in [2.24, 2.45) is 5.10 Å². The molecule has 0 bridgehead atoms. The van der Waals surface area contributed by atoms with Crippen molar-refractivity contribution in [2.75, 3.05) is 32.4 Å². The molecule has 0 amide bonds. The van der Waals surface area contributed by atoms with Gasteiger partial charge >= 0.3 is 11.9 Å². The van der Waals surface area contributed by atoms with Gasteiger partial charge in [-0.05, 0) is 61.0 Å². The topological polar surface area (TPSA) is 108 Å². The van der Waals surface area contributed by atoms with E-state index in [9.17, 15) is 9.59 Å². The molecule has 3 aromatic rings. The summed E-state index contributed by atoms with van der Waals surface area (Å²) < 4.78 is 21.0. The first-order valence-corrected chi connectivity index (χ1v) is 11.9. The predicted octanol–water partition coefficient (Wildman–Crippen LogP) is 4.33. The average Bonchev–Trinajstić information content (AvgIpc) is 3.31. The lowest BCUT2D eigenvalue weighted by molar-refractivity contribution is -0.142. The van der Waals surface area contributed by atoms with E-state index in [0.29, 0.717) is 48.4 Å². The van der Waals surface area contributed by atoms with E-state index in [-0.39, 0.29) is 18.4 Å². The number of ether oxygens (including phenoxy) is 4. The van der Waals surface area contributed by atoms with Gasteiger partial charge in [0.2, 0.25) is 5.13 Å². The molecule has 0 unspecified atom stereocenters. The molecule has 0 saturated heterocycles. The largest absolute Gasteiger partial charge is 0.493 e. The SMILES string of the molecule is CCOC(=O)Cc1csc(NN=Cc2ccc(OCCCOc3ccc(C(=O)OC)cc3)cc2)n1. The average molecular weight is 498 g/mol. The number of rotatable bonds is 13. The molecule has 0 spiro atoms. The Morgan fingerprint density at radius 3 is 2.31 bits per heavy atom. The van der Waals surface area contributed by atoms with Crippen molar-refractivity contribution in [3.8, 4) is 11.5 Å². The van der Waals surface area contributed by atoms with Gasteiger partial charge in [-0.25, -0.2) is 9.78 Å². The number of benzene rings is 2. The lowest BCUT2D eigenvalue weighted by Gasteiger charge is -2.08. The van der Waals surface area contributed by atoms with Crippen molar-refractivity contribution in [2.45, 2.75) is 19.8 Å². The maximum absolute atomic E-state index is 11.5. The van der Waals surface area contributed by atoms with Gasteiger partial charge in [0.1, 0.15) is 11.5 Å². The third-order valence-corrected chi connectivity index (χ3v) is 5.33. The molecule has 3 rings (SSSR count). The highest BCUT2D eigenvalue weighted by Gasteiger charge is 2.08. The van der Waals surface area contributed by atoms with Crippen molar-refractivity contribution < 1.29 is 28.5 Å². The van der Waals surface area contributed by atoms with E-state index in [1.54, 1.807) is 42.8 Å². The van der Waals surface area contributed by atoms with Crippen LogP contribution < -0.4 is 14.9 Å². The summed E-state index contributed by atoms with van der Waals surface area (Å²) in [5, 5.41) is 6.58. The Morgan fingerprint density at radius 1 is 1.03 bits per heavy atom. The van der Waals surface area contributed by atoms with Gasteiger partial charge < -0.3 is 18.9 Å². The fourth-order valence-corrected chi connectivity index (χ4v) is 3.51. The smallest absolute Gasteiger partial charge is 0.337 e. The third kappa shape index (κ3) is 8.74. The number of esters is 2. The summed E-state index contributed by atoms with van der Waals surface area (Å²) in [6.07, 6.45) is 2.53. The molecule has 9 nitrogen and oxygen atoms in total. The van der Waals surface area contributed by atoms with Crippen molar-refractivity contribution in [1.29, 1.82) is 0 Å². The van der Waals surface area contributed by atoms with E-state index in [4.69, 9.17) is 14.2 Å². The van der Waals surface area contributed by atoms with E-state index in [0.717, 1.165) is 11.3 Å². The molecule has 0 aliphatic carbocycles. The van der Waals surface area contributed by atoms with Crippen molar-refractivity contribution in [1.82, 2.24) is 4.98 Å². The van der Waals surface area contributed by atoms with Gasteiger partial charge in [-0.3, -0.25) is 10.2 Å². The van der Waals surface area contributed by atoms with Gasteiger partial charge in [-0.1, -0.05) is 0 Å². The third-order valence-electron chi connectivity index (χ3n) is 4.54. The number of hydrogen-bond donors (Lipinski definition) is 1. The lowest BCUT2D eigenvalue weighted by Crippen LogP contribution is -2.07. The maximum atomic E-state index is 11.5. The number of thiazole rings is 1. The Bertz CT molecular complexity index is 1110. The van der Waals surface area contributed by atoms with Crippen molar-refractivity contribution >= 4 is 34.6 Å². The van der Waals surface area contributed by atoms with Gasteiger partial charge in [0.15, 0.2) is 0 Å². The maximum Gasteiger partial charge on any atom is 0.337 e. The zero-order valence-electron chi connectivity index (χ0n) is 19.6. The molecule has 2 aromatic carbocycles. The lowest BCUT2D eigenvalue weighted by atomic mass is 10.2. The van der Waals surface area contributed by atoms with Gasteiger partial charge in [0.05, 0.1) is 50.8 Å². The van der Waals surface area contributed by atoms with Gasteiger partial charge in [-0.15, -0.1) is 11.3 Å². The van der Waals surface area contributed by atoms with E-state index >= 15 is 0 Å². The van der Waals surface area contributed by atoms with E-state index in [2.05, 4.69) is 20.2 Å². The molecule has 0 aliphatic heterocycles. The molecule has 35 heavy (non-hydrogen) atoms. The number of nitrogens with one attached hydrogen (secondary N) is 1. The van der Waals surface area contributed by atoms with Crippen LogP contribution in [0.3, 0.4) is 0 Å². The number of methoxy groups -OCH3 is 1. The van der Waals surface area contributed by atoms with Crippen LogP contribution in [0.2, 0.25) is 0 Å². The molecule has 1 heterocycles. The normalized spacial score (nSPS) is 10.7. The van der Waals surface area contributed by atoms with Crippen molar-refractivity contribution in [3.63, 3.8) is 0 Å². The molecular weight excluding hydrogens is 470 g/mol. The van der Waals surface area contributed by atoms with Crippen LogP contribution in [0.15, 0.2) is 59.0 Å². The number of hydrogen-bond acceptors (Lipinski definition) is 10. The van der Waals surface area contributed by atoms with Crippen LogP contribution in [0, 0.1) is 0 Å². The summed E-state index contributed by atoms with van der Waals surface area (Å²) >= 11 is 1.37. The molecule has 0 saturated carbocycles. The van der Waals surface area contributed by atoms with Crippen LogP contribution in [-0.4, -0.2) is 50.1 Å². The molecule has 0 aliphatic rings. The minimum Gasteiger partial charge on any atom is -0.493 e. The molecule has 1 N–H and O–H groups in total. The summed E-state index contributed by atoms with van der Waals surface area (Å²) in [7, 11) is 1.35. The number of hydrazone groups is 1. The Kier molecular flexibility index (Phi) is 10.1. The number of nitrogens with zero attached hydrogens (tertiary/aromatic N) is 2. The highest BCUT2D eigenvalue weighted by molar-refractivity contribution is 7.13. The minimum absolute atomic E-state index is 0.146. The molecule has 1 aromatic heterocycles. The summed E-state index contributed by atoms with van der Waals surface area (Å²) in [6.45, 7) is 3.12. The second-order valence-electron chi connectivity index (χ2n) is 7.13. The van der Waals surface area contributed by atoms with Crippen LogP contribution in [0.4, 0.5) is 5.13 Å². The zero-order valence-corrected chi connectivity index (χ0v) is 20.4. The second kappa shape index (κ2) is 13.7. The standard InChI is InChI=1S/C25H27N3O6S/c1-3-32-23(29)15-20-17-35-25(27-20)28-26-16-18-5-9-21(10-6-18)33-13-4-14-34-22-11-7-19(8-12-22)24(30)31-2/h5-12,16-17H,3-4,13-15H2,1-2H3,(H,27,28). The molecule has 184 valence electrons. The Balaban J connectivity index is 1.34. The first-order chi connectivity index (χ1) is 17.1. The molecule has 10 heteroatoms. The van der Waals surface area contributed by atoms with Gasteiger partial charge in [-0.2, -0.15) is 5.10 Å². The number of carbonyl (C=O) groups is 2. The zero-order chi connectivity index (χ0) is 24.9. The molecular formula is C25H27N3O6S. The highest BCUT2D eigenvalue weighted by atomic mass is 32.1. The van der Waals surface area contributed by atoms with Gasteiger partial charge in [0, 0.05) is 11.8 Å².